The molecule has 0 spiro atoms. The first-order valence-electron chi connectivity index (χ1n) is 9.43. The van der Waals surface area contributed by atoms with Gasteiger partial charge in [-0.05, 0) is 41.9 Å². The topological polar surface area (TPSA) is 12.0 Å². The minimum Gasteiger partial charge on any atom is -0.356 e. The van der Waals surface area contributed by atoms with Gasteiger partial charge in [-0.2, -0.15) is 0 Å². The molecule has 0 atom stereocenters. The van der Waals surface area contributed by atoms with E-state index >= 15 is 0 Å². The van der Waals surface area contributed by atoms with Gasteiger partial charge in [0.05, 0.1) is 7.85 Å². The van der Waals surface area contributed by atoms with Crippen molar-refractivity contribution in [1.29, 1.82) is 0 Å². The summed E-state index contributed by atoms with van der Waals surface area (Å²) in [6.07, 6.45) is 11.5. The zero-order chi connectivity index (χ0) is 21.5. The summed E-state index contributed by atoms with van der Waals surface area (Å²) < 4.78 is 0. The molecule has 0 bridgehead atoms. The fourth-order valence-corrected chi connectivity index (χ4v) is 2.38. The summed E-state index contributed by atoms with van der Waals surface area (Å²) in [6, 6.07) is 20.0. The molecule has 0 fully saturated rings. The Hall–Kier alpha value is -3.19. The Kier molecular flexibility index (Phi) is 11.4. The lowest BCUT2D eigenvalue weighted by atomic mass is 9.88. The predicted octanol–water partition coefficient (Wildman–Crippen LogP) is 6.23. The van der Waals surface area contributed by atoms with Gasteiger partial charge in [0.15, 0.2) is 0 Å². The van der Waals surface area contributed by atoms with Crippen LogP contribution in [0, 0.1) is 0 Å². The van der Waals surface area contributed by atoms with Crippen LogP contribution in [-0.4, -0.2) is 15.7 Å². The van der Waals surface area contributed by atoms with Gasteiger partial charge >= 0.3 is 0 Å². The van der Waals surface area contributed by atoms with E-state index in [1.54, 1.807) is 6.08 Å². The number of benzene rings is 2. The van der Waals surface area contributed by atoms with Crippen LogP contribution >= 0.6 is 0 Å². The summed E-state index contributed by atoms with van der Waals surface area (Å²) >= 11 is 0. The third-order valence-corrected chi connectivity index (χ3v) is 3.98. The van der Waals surface area contributed by atoms with Gasteiger partial charge in [-0.25, -0.2) is 0 Å². The van der Waals surface area contributed by atoms with Crippen LogP contribution in [0.15, 0.2) is 122 Å². The molecule has 0 unspecified atom stereocenters. The molecule has 29 heavy (non-hydrogen) atoms. The van der Waals surface area contributed by atoms with E-state index in [1.807, 2.05) is 98.0 Å². The number of hydrogen-bond acceptors (Lipinski definition) is 1. The highest BCUT2D eigenvalue weighted by Gasteiger charge is 1.97. The third kappa shape index (κ3) is 8.57. The molecule has 2 rings (SSSR count). The van der Waals surface area contributed by atoms with Gasteiger partial charge in [-0.1, -0.05) is 104 Å². The van der Waals surface area contributed by atoms with E-state index < -0.39 is 0 Å². The Morgan fingerprint density at radius 1 is 0.828 bits per heavy atom. The number of hydrogen-bond donors (Lipinski definition) is 1. The van der Waals surface area contributed by atoms with Crippen LogP contribution in [0.25, 0.3) is 11.0 Å². The summed E-state index contributed by atoms with van der Waals surface area (Å²) in [5, 5.41) is 3.34. The highest BCUT2D eigenvalue weighted by molar-refractivity contribution is 6.42. The van der Waals surface area contributed by atoms with Gasteiger partial charge in [0.2, 0.25) is 0 Å². The highest BCUT2D eigenvalue weighted by Crippen LogP contribution is 2.14. The van der Waals surface area contributed by atoms with Crippen LogP contribution in [0.1, 0.15) is 18.1 Å². The summed E-state index contributed by atoms with van der Waals surface area (Å²) in [5.74, 6) is 0. The lowest BCUT2D eigenvalue weighted by Crippen LogP contribution is -2.09. The normalized spacial score (nSPS) is 12.1. The lowest BCUT2D eigenvalue weighted by Gasteiger charge is -2.08. The predicted molar refractivity (Wildman–Crippen MR) is 132 cm³/mol. The Morgan fingerprint density at radius 3 is 1.90 bits per heavy atom. The van der Waals surface area contributed by atoms with Crippen molar-refractivity contribution in [2.45, 2.75) is 13.7 Å². The van der Waals surface area contributed by atoms with E-state index in [2.05, 4.69) is 26.3 Å². The second-order valence-electron chi connectivity index (χ2n) is 5.91. The van der Waals surface area contributed by atoms with Crippen molar-refractivity contribution in [3.05, 3.63) is 133 Å². The smallest absolute Gasteiger partial charge is 0.114 e. The average Bonchev–Trinajstić information content (AvgIpc) is 2.80. The maximum absolute atomic E-state index is 6.14. The van der Waals surface area contributed by atoms with Gasteiger partial charge in [0, 0.05) is 11.4 Å². The van der Waals surface area contributed by atoms with Crippen molar-refractivity contribution < 1.29 is 0 Å². The first-order chi connectivity index (χ1) is 14.1. The van der Waals surface area contributed by atoms with Gasteiger partial charge in [-0.3, -0.25) is 0 Å². The second kappa shape index (κ2) is 13.9. The van der Waals surface area contributed by atoms with Crippen molar-refractivity contribution >= 4 is 26.7 Å². The van der Waals surface area contributed by atoms with Crippen molar-refractivity contribution in [2.75, 3.05) is 0 Å². The van der Waals surface area contributed by atoms with E-state index in [4.69, 9.17) is 7.85 Å². The summed E-state index contributed by atoms with van der Waals surface area (Å²) in [4.78, 5) is 0. The molecule has 0 aliphatic rings. The molecule has 142 valence electrons. The number of nitrogens with one attached hydrogen (secondary N) is 1. The molecule has 2 aromatic carbocycles. The molecular formula is C26H27B2N. The van der Waals surface area contributed by atoms with Gasteiger partial charge in [0.1, 0.15) is 7.85 Å². The SMILES string of the molecule is [B]/C(=C\C=C(/C=C)NC(/C=C\C(=C)c1ccccc1)=C/C)c1ccccc1.[B]C. The minimum atomic E-state index is 0.701. The summed E-state index contributed by atoms with van der Waals surface area (Å²) in [7, 11) is 10.6. The van der Waals surface area contributed by atoms with Crippen molar-refractivity contribution in [2.24, 2.45) is 0 Å². The Labute approximate surface area is 178 Å². The first-order valence-corrected chi connectivity index (χ1v) is 9.43. The van der Waals surface area contributed by atoms with Crippen LogP contribution in [0.2, 0.25) is 6.82 Å². The van der Waals surface area contributed by atoms with Crippen LogP contribution in [0.5, 0.6) is 0 Å². The van der Waals surface area contributed by atoms with Crippen molar-refractivity contribution in [3.8, 4) is 0 Å². The van der Waals surface area contributed by atoms with Crippen LogP contribution in [0.4, 0.5) is 0 Å². The van der Waals surface area contributed by atoms with Crippen LogP contribution in [-0.2, 0) is 0 Å². The molecule has 2 aromatic rings. The quantitative estimate of drug-likeness (QED) is 0.426. The van der Waals surface area contributed by atoms with Crippen molar-refractivity contribution in [3.63, 3.8) is 0 Å². The molecule has 1 N–H and O–H groups in total. The molecule has 0 aliphatic carbocycles. The molecule has 0 saturated carbocycles. The molecule has 4 radical (unpaired) electrons. The highest BCUT2D eigenvalue weighted by atomic mass is 14.9. The number of rotatable bonds is 8. The zero-order valence-corrected chi connectivity index (χ0v) is 17.3. The maximum atomic E-state index is 6.14. The molecular weight excluding hydrogens is 348 g/mol. The molecule has 0 aliphatic heterocycles. The molecule has 0 amide bonds. The average molecular weight is 375 g/mol. The monoisotopic (exact) mass is 375 g/mol. The summed E-state index contributed by atoms with van der Waals surface area (Å²) in [6.45, 7) is 11.5. The maximum Gasteiger partial charge on any atom is 0.114 e. The fourth-order valence-electron chi connectivity index (χ4n) is 2.38. The summed E-state index contributed by atoms with van der Waals surface area (Å²) in [5.41, 5.74) is 5.55. The molecule has 0 aromatic heterocycles. The zero-order valence-electron chi connectivity index (χ0n) is 17.3. The van der Waals surface area contributed by atoms with Crippen molar-refractivity contribution in [1.82, 2.24) is 5.32 Å². The molecule has 0 heterocycles. The van der Waals surface area contributed by atoms with E-state index in [-0.39, 0.29) is 0 Å². The van der Waals surface area contributed by atoms with Gasteiger partial charge in [0.25, 0.3) is 0 Å². The fraction of sp³-hybridized carbons (Fsp3) is 0.0769. The second-order valence-corrected chi connectivity index (χ2v) is 5.91. The largest absolute Gasteiger partial charge is 0.356 e. The number of allylic oxidation sites excluding steroid dienone is 7. The first kappa shape index (κ1) is 23.8. The molecule has 3 heteroatoms. The van der Waals surface area contributed by atoms with Gasteiger partial charge < -0.3 is 5.32 Å². The minimum absolute atomic E-state index is 0.701. The van der Waals surface area contributed by atoms with Crippen LogP contribution < -0.4 is 5.32 Å². The Balaban J connectivity index is 0.00000204. The van der Waals surface area contributed by atoms with E-state index in [0.29, 0.717) is 5.47 Å². The van der Waals surface area contributed by atoms with Gasteiger partial charge in [-0.15, -0.1) is 0 Å². The van der Waals surface area contributed by atoms with E-state index in [9.17, 15) is 0 Å². The van der Waals surface area contributed by atoms with Crippen LogP contribution in [0.3, 0.4) is 0 Å². The Bertz CT molecular complexity index is 889. The Morgan fingerprint density at radius 2 is 1.38 bits per heavy atom. The lowest BCUT2D eigenvalue weighted by molar-refractivity contribution is 1.04. The molecule has 0 saturated heterocycles. The standard InChI is InChI=1S/C25H24BN.CH3B/c1-4-23(17-16-20(3)21-12-8-6-9-13-21)27-24(5-2)18-19-25(26)22-14-10-7-11-15-22;1-2/h4-19,27H,2-3H2,1H3;1H3/b17-16-,23-4+,24-18+,25-19-;. The molecule has 1 nitrogen and oxygen atoms in total. The van der Waals surface area contributed by atoms with E-state index in [1.165, 1.54) is 6.82 Å². The van der Waals surface area contributed by atoms with E-state index in [0.717, 1.165) is 28.1 Å². The third-order valence-electron chi connectivity index (χ3n) is 3.98.